The molecule has 0 saturated carbocycles. The highest BCUT2D eigenvalue weighted by Crippen LogP contribution is 2.23. The van der Waals surface area contributed by atoms with Crippen LogP contribution in [0.2, 0.25) is 0 Å². The summed E-state index contributed by atoms with van der Waals surface area (Å²) in [7, 11) is 0. The van der Waals surface area contributed by atoms with E-state index in [-0.39, 0.29) is 29.6 Å². The predicted octanol–water partition coefficient (Wildman–Crippen LogP) is 3.89. The fourth-order valence-electron chi connectivity index (χ4n) is 3.47. The number of amides is 1. The van der Waals surface area contributed by atoms with Gasteiger partial charge in [-0.05, 0) is 55.9 Å². The topological polar surface area (TPSA) is 46.6 Å². The van der Waals surface area contributed by atoms with Crippen LogP contribution in [0.15, 0.2) is 48.5 Å². The van der Waals surface area contributed by atoms with Crippen LogP contribution in [-0.2, 0) is 11.2 Å². The first-order valence-corrected chi connectivity index (χ1v) is 9.28. The zero-order valence-electron chi connectivity index (χ0n) is 15.5. The number of piperidine rings is 1. The first-order valence-electron chi connectivity index (χ1n) is 9.28. The minimum absolute atomic E-state index is 0.105. The summed E-state index contributed by atoms with van der Waals surface area (Å²) in [6.45, 7) is 2.63. The summed E-state index contributed by atoms with van der Waals surface area (Å²) in [6.07, 6.45) is 2.97. The number of hydrogen-bond acceptors (Lipinski definition) is 3. The molecule has 27 heavy (non-hydrogen) atoms. The van der Waals surface area contributed by atoms with E-state index in [0.29, 0.717) is 19.0 Å². The van der Waals surface area contributed by atoms with E-state index >= 15 is 0 Å². The molecule has 0 bridgehead atoms. The van der Waals surface area contributed by atoms with Crippen LogP contribution in [0, 0.1) is 11.7 Å². The van der Waals surface area contributed by atoms with Crippen molar-refractivity contribution in [1.82, 2.24) is 4.90 Å². The summed E-state index contributed by atoms with van der Waals surface area (Å²) in [6, 6.07) is 14.2. The van der Waals surface area contributed by atoms with Crippen LogP contribution in [0.25, 0.3) is 0 Å². The minimum Gasteiger partial charge on any atom is -0.483 e. The van der Waals surface area contributed by atoms with Crippen LogP contribution in [0.4, 0.5) is 4.39 Å². The number of Topliss-reactive ketones (excluding diaryl/α,β-unsaturated/α-hetero) is 1. The Hall–Kier alpha value is -2.69. The number of halogens is 1. The Morgan fingerprint density at radius 2 is 1.81 bits per heavy atom. The van der Waals surface area contributed by atoms with E-state index in [2.05, 4.69) is 24.3 Å². The van der Waals surface area contributed by atoms with E-state index in [1.807, 2.05) is 6.07 Å². The van der Waals surface area contributed by atoms with Gasteiger partial charge in [0.25, 0.3) is 5.91 Å². The van der Waals surface area contributed by atoms with Gasteiger partial charge >= 0.3 is 0 Å². The Bertz CT molecular complexity index is 798. The smallest absolute Gasteiger partial charge is 0.260 e. The highest BCUT2D eigenvalue weighted by molar-refractivity contribution is 5.96. The number of carbonyl (C=O) groups excluding carboxylic acids is 2. The maximum Gasteiger partial charge on any atom is 0.260 e. The van der Waals surface area contributed by atoms with Crippen molar-refractivity contribution < 1.29 is 18.7 Å². The molecule has 1 heterocycles. The van der Waals surface area contributed by atoms with Crippen LogP contribution >= 0.6 is 0 Å². The molecule has 0 unspecified atom stereocenters. The fraction of sp³-hybridized carbons (Fsp3) is 0.364. The maximum atomic E-state index is 13.3. The lowest BCUT2D eigenvalue weighted by Crippen LogP contribution is -2.41. The largest absolute Gasteiger partial charge is 0.483 e. The van der Waals surface area contributed by atoms with Gasteiger partial charge in [0.15, 0.2) is 12.4 Å². The summed E-state index contributed by atoms with van der Waals surface area (Å²) in [4.78, 5) is 25.8. The summed E-state index contributed by atoms with van der Waals surface area (Å²) in [5, 5.41) is 0. The van der Waals surface area contributed by atoms with Crippen LogP contribution in [0.1, 0.15) is 35.7 Å². The number of benzene rings is 2. The van der Waals surface area contributed by atoms with Gasteiger partial charge in [-0.2, -0.15) is 0 Å². The summed E-state index contributed by atoms with van der Waals surface area (Å²) in [5.41, 5.74) is 1.49. The number of likely N-dealkylation sites (tertiary alicyclic amines) is 1. The molecule has 4 nitrogen and oxygen atoms in total. The lowest BCUT2D eigenvalue weighted by atomic mass is 9.90. The molecule has 1 fully saturated rings. The standard InChI is InChI=1S/C22H24FNO3/c1-16(25)20-14-19(23)7-8-21(20)27-15-22(26)24-11-9-18(10-12-24)13-17-5-3-2-4-6-17/h2-8,14,18H,9-13,15H2,1H3. The fourth-order valence-corrected chi connectivity index (χ4v) is 3.47. The zero-order chi connectivity index (χ0) is 19.2. The van der Waals surface area contributed by atoms with Crippen molar-refractivity contribution >= 4 is 11.7 Å². The monoisotopic (exact) mass is 369 g/mol. The molecular formula is C22H24FNO3. The predicted molar refractivity (Wildman–Crippen MR) is 101 cm³/mol. The number of carbonyl (C=O) groups is 2. The van der Waals surface area contributed by atoms with Gasteiger partial charge in [0, 0.05) is 13.1 Å². The summed E-state index contributed by atoms with van der Waals surface area (Å²) >= 11 is 0. The molecule has 2 aromatic carbocycles. The Morgan fingerprint density at radius 3 is 2.48 bits per heavy atom. The van der Waals surface area contributed by atoms with Crippen molar-refractivity contribution in [2.45, 2.75) is 26.2 Å². The summed E-state index contributed by atoms with van der Waals surface area (Å²) < 4.78 is 18.8. The van der Waals surface area contributed by atoms with Crippen LogP contribution in [-0.4, -0.2) is 36.3 Å². The third-order valence-electron chi connectivity index (χ3n) is 5.01. The lowest BCUT2D eigenvalue weighted by molar-refractivity contribution is -0.134. The third kappa shape index (κ3) is 5.16. The zero-order valence-corrected chi connectivity index (χ0v) is 15.5. The Kier molecular flexibility index (Phi) is 6.22. The molecule has 0 aliphatic carbocycles. The molecule has 0 spiro atoms. The van der Waals surface area contributed by atoms with Crippen molar-refractivity contribution in [3.8, 4) is 5.75 Å². The van der Waals surface area contributed by atoms with Crippen molar-refractivity contribution in [1.29, 1.82) is 0 Å². The van der Waals surface area contributed by atoms with Gasteiger partial charge in [0.1, 0.15) is 11.6 Å². The van der Waals surface area contributed by atoms with Crippen molar-refractivity contribution in [2.75, 3.05) is 19.7 Å². The van der Waals surface area contributed by atoms with Gasteiger partial charge in [-0.25, -0.2) is 4.39 Å². The highest BCUT2D eigenvalue weighted by atomic mass is 19.1. The van der Waals surface area contributed by atoms with Crippen LogP contribution in [0.3, 0.4) is 0 Å². The molecule has 0 atom stereocenters. The quantitative estimate of drug-likeness (QED) is 0.726. The van der Waals surface area contributed by atoms with Gasteiger partial charge in [-0.3, -0.25) is 9.59 Å². The SMILES string of the molecule is CC(=O)c1cc(F)ccc1OCC(=O)N1CCC(Cc2ccccc2)CC1. The van der Waals surface area contributed by atoms with E-state index < -0.39 is 5.82 Å². The van der Waals surface area contributed by atoms with E-state index in [1.54, 1.807) is 4.90 Å². The van der Waals surface area contributed by atoms with Gasteiger partial charge < -0.3 is 9.64 Å². The second-order valence-corrected chi connectivity index (χ2v) is 7.00. The molecule has 142 valence electrons. The normalized spacial score (nSPS) is 14.8. The molecule has 0 aromatic heterocycles. The van der Waals surface area contributed by atoms with E-state index in [0.717, 1.165) is 25.3 Å². The Balaban J connectivity index is 1.49. The minimum atomic E-state index is -0.501. The molecule has 0 radical (unpaired) electrons. The van der Waals surface area contributed by atoms with E-state index in [1.165, 1.54) is 24.6 Å². The van der Waals surface area contributed by atoms with Gasteiger partial charge in [-0.1, -0.05) is 30.3 Å². The average Bonchev–Trinajstić information content (AvgIpc) is 2.68. The second kappa shape index (κ2) is 8.80. The average molecular weight is 369 g/mol. The molecule has 1 aliphatic rings. The van der Waals surface area contributed by atoms with Gasteiger partial charge in [0.2, 0.25) is 0 Å². The van der Waals surface area contributed by atoms with Crippen molar-refractivity contribution in [3.05, 3.63) is 65.5 Å². The molecule has 5 heteroatoms. The molecule has 0 N–H and O–H groups in total. The number of hydrogen-bond donors (Lipinski definition) is 0. The first kappa shape index (κ1) is 19.1. The number of nitrogens with zero attached hydrogens (tertiary/aromatic N) is 1. The van der Waals surface area contributed by atoms with Gasteiger partial charge in [-0.15, -0.1) is 0 Å². The third-order valence-corrected chi connectivity index (χ3v) is 5.01. The second-order valence-electron chi connectivity index (χ2n) is 7.00. The number of rotatable bonds is 6. The van der Waals surface area contributed by atoms with Crippen molar-refractivity contribution in [3.63, 3.8) is 0 Å². The number of ketones is 1. The highest BCUT2D eigenvalue weighted by Gasteiger charge is 2.23. The Labute approximate surface area is 158 Å². The van der Waals surface area contributed by atoms with E-state index in [4.69, 9.17) is 4.74 Å². The molecule has 1 aliphatic heterocycles. The van der Waals surface area contributed by atoms with Crippen molar-refractivity contribution in [2.24, 2.45) is 5.92 Å². The summed E-state index contributed by atoms with van der Waals surface area (Å²) in [5.74, 6) is -0.0694. The molecule has 1 amide bonds. The molecule has 2 aromatic rings. The lowest BCUT2D eigenvalue weighted by Gasteiger charge is -2.32. The maximum absolute atomic E-state index is 13.3. The molecule has 3 rings (SSSR count). The molecular weight excluding hydrogens is 345 g/mol. The van der Waals surface area contributed by atoms with Gasteiger partial charge in [0.05, 0.1) is 5.56 Å². The van der Waals surface area contributed by atoms with Crippen LogP contribution in [0.5, 0.6) is 5.75 Å². The number of ether oxygens (including phenoxy) is 1. The Morgan fingerprint density at radius 1 is 1.11 bits per heavy atom. The van der Waals surface area contributed by atoms with Crippen LogP contribution < -0.4 is 4.74 Å². The first-order chi connectivity index (χ1) is 13.0. The van der Waals surface area contributed by atoms with E-state index in [9.17, 15) is 14.0 Å². The molecule has 1 saturated heterocycles.